The van der Waals surface area contributed by atoms with Crippen molar-refractivity contribution >= 4 is 17.5 Å². The summed E-state index contributed by atoms with van der Waals surface area (Å²) in [5, 5.41) is 6.41. The first-order chi connectivity index (χ1) is 8.69. The molecule has 0 saturated heterocycles. The zero-order valence-corrected chi connectivity index (χ0v) is 9.67. The van der Waals surface area contributed by atoms with Gasteiger partial charge in [0, 0.05) is 6.08 Å². The van der Waals surface area contributed by atoms with E-state index in [1.807, 2.05) is 6.92 Å². The zero-order valence-electron chi connectivity index (χ0n) is 9.67. The van der Waals surface area contributed by atoms with Crippen molar-refractivity contribution in [1.82, 2.24) is 14.6 Å². The Balaban J connectivity index is 2.14. The molecular weight excluding hydrogens is 235 g/mol. The molecular formula is C12H11FN4O. The van der Waals surface area contributed by atoms with Crippen molar-refractivity contribution in [2.45, 2.75) is 6.92 Å². The van der Waals surface area contributed by atoms with Crippen molar-refractivity contribution in [1.29, 1.82) is 0 Å². The van der Waals surface area contributed by atoms with Crippen LogP contribution in [0, 0.1) is 5.82 Å². The number of pyridine rings is 1. The third-order valence-corrected chi connectivity index (χ3v) is 2.08. The van der Waals surface area contributed by atoms with E-state index in [4.69, 9.17) is 0 Å². The topological polar surface area (TPSA) is 59.3 Å². The molecule has 2 heterocycles. The summed E-state index contributed by atoms with van der Waals surface area (Å²) in [6.45, 7) is 1.85. The van der Waals surface area contributed by atoms with Crippen LogP contribution in [0.2, 0.25) is 0 Å². The van der Waals surface area contributed by atoms with Crippen LogP contribution in [0.3, 0.4) is 0 Å². The molecule has 0 saturated carbocycles. The summed E-state index contributed by atoms with van der Waals surface area (Å²) in [6.07, 6.45) is 7.67. The molecule has 0 atom stereocenters. The maximum atomic E-state index is 12.9. The molecule has 0 unspecified atom stereocenters. The number of aromatic nitrogens is 3. The number of hydrogen-bond acceptors (Lipinski definition) is 3. The molecule has 6 heteroatoms. The molecule has 0 spiro atoms. The molecule has 92 valence electrons. The van der Waals surface area contributed by atoms with Gasteiger partial charge in [0.1, 0.15) is 5.82 Å². The Morgan fingerprint density at radius 2 is 2.28 bits per heavy atom. The quantitative estimate of drug-likeness (QED) is 0.665. The van der Waals surface area contributed by atoms with Crippen LogP contribution in [0.25, 0.3) is 5.65 Å². The third kappa shape index (κ3) is 2.79. The highest BCUT2D eigenvalue weighted by Gasteiger charge is 2.05. The average Bonchev–Trinajstić information content (AvgIpc) is 2.70. The molecule has 1 N–H and O–H groups in total. The van der Waals surface area contributed by atoms with Crippen LogP contribution < -0.4 is 5.32 Å². The van der Waals surface area contributed by atoms with Crippen molar-refractivity contribution in [3.05, 3.63) is 48.5 Å². The molecule has 0 aromatic carbocycles. The zero-order chi connectivity index (χ0) is 13.0. The molecule has 2 aromatic heterocycles. The van der Waals surface area contributed by atoms with E-state index in [0.29, 0.717) is 5.65 Å². The van der Waals surface area contributed by atoms with Crippen molar-refractivity contribution in [2.75, 3.05) is 5.32 Å². The molecule has 0 aliphatic rings. The van der Waals surface area contributed by atoms with Crippen LogP contribution in [-0.2, 0) is 4.79 Å². The summed E-state index contributed by atoms with van der Waals surface area (Å²) in [5.41, 5.74) is 0.462. The van der Waals surface area contributed by atoms with Gasteiger partial charge in [0.2, 0.25) is 5.95 Å². The molecule has 0 fully saturated rings. The number of anilines is 1. The standard InChI is InChI=1S/C12H11FN4O/c1-2-3-4-5-11(18)15-12-14-10-7-6-9(13)8-17(10)16-12/h2-8H,1H3,(H,15,16,18). The Hall–Kier alpha value is -2.50. The van der Waals surface area contributed by atoms with Gasteiger partial charge in [0.05, 0.1) is 6.20 Å². The minimum absolute atomic E-state index is 0.135. The number of carbonyl (C=O) groups is 1. The highest BCUT2D eigenvalue weighted by atomic mass is 19.1. The van der Waals surface area contributed by atoms with Gasteiger partial charge in [-0.25, -0.2) is 8.91 Å². The Labute approximate surface area is 103 Å². The highest BCUT2D eigenvalue weighted by molar-refractivity contribution is 5.98. The van der Waals surface area contributed by atoms with Crippen molar-refractivity contribution in [3.63, 3.8) is 0 Å². The SMILES string of the molecule is CC=CC=CC(=O)Nc1nc2ccc(F)cn2n1. The summed E-state index contributed by atoms with van der Waals surface area (Å²) in [4.78, 5) is 15.5. The first kappa shape index (κ1) is 12.0. The lowest BCUT2D eigenvalue weighted by Gasteiger charge is -1.92. The second kappa shape index (κ2) is 5.22. The summed E-state index contributed by atoms with van der Waals surface area (Å²) < 4.78 is 14.2. The predicted octanol–water partition coefficient (Wildman–Crippen LogP) is 1.94. The molecule has 2 rings (SSSR count). The molecule has 0 aliphatic heterocycles. The van der Waals surface area contributed by atoms with Gasteiger partial charge in [0.15, 0.2) is 5.65 Å². The van der Waals surface area contributed by atoms with E-state index in [1.165, 1.54) is 28.9 Å². The van der Waals surface area contributed by atoms with Crippen molar-refractivity contribution < 1.29 is 9.18 Å². The van der Waals surface area contributed by atoms with E-state index in [9.17, 15) is 9.18 Å². The van der Waals surface area contributed by atoms with E-state index in [1.54, 1.807) is 18.2 Å². The fraction of sp³-hybridized carbons (Fsp3) is 0.0833. The number of hydrogen-bond donors (Lipinski definition) is 1. The van der Waals surface area contributed by atoms with Gasteiger partial charge in [-0.05, 0) is 19.1 Å². The lowest BCUT2D eigenvalue weighted by atomic mass is 10.4. The van der Waals surface area contributed by atoms with E-state index >= 15 is 0 Å². The normalized spacial score (nSPS) is 11.7. The Morgan fingerprint density at radius 3 is 3.06 bits per heavy atom. The fourth-order valence-corrected chi connectivity index (χ4v) is 1.32. The van der Waals surface area contributed by atoms with Gasteiger partial charge in [0.25, 0.3) is 5.91 Å². The largest absolute Gasteiger partial charge is 0.290 e. The number of fused-ring (bicyclic) bond motifs is 1. The summed E-state index contributed by atoms with van der Waals surface area (Å²) >= 11 is 0. The number of rotatable bonds is 3. The van der Waals surface area contributed by atoms with Crippen LogP contribution in [-0.4, -0.2) is 20.5 Å². The molecule has 18 heavy (non-hydrogen) atoms. The number of nitrogens with zero attached hydrogens (tertiary/aromatic N) is 3. The molecule has 0 bridgehead atoms. The average molecular weight is 246 g/mol. The number of halogens is 1. The van der Waals surface area contributed by atoms with Gasteiger partial charge >= 0.3 is 0 Å². The first-order valence-corrected chi connectivity index (χ1v) is 5.31. The molecule has 0 radical (unpaired) electrons. The third-order valence-electron chi connectivity index (χ3n) is 2.08. The first-order valence-electron chi connectivity index (χ1n) is 5.31. The van der Waals surface area contributed by atoms with E-state index in [-0.39, 0.29) is 11.9 Å². The summed E-state index contributed by atoms with van der Waals surface area (Å²) in [6, 6.07) is 2.76. The maximum Gasteiger partial charge on any atom is 0.250 e. The van der Waals surface area contributed by atoms with Crippen LogP contribution in [0.5, 0.6) is 0 Å². The smallest absolute Gasteiger partial charge is 0.250 e. The molecule has 0 aliphatic carbocycles. The minimum Gasteiger partial charge on any atom is -0.290 e. The van der Waals surface area contributed by atoms with Gasteiger partial charge in [-0.3, -0.25) is 10.1 Å². The minimum atomic E-state index is -0.418. The van der Waals surface area contributed by atoms with Gasteiger partial charge in [-0.2, -0.15) is 4.98 Å². The van der Waals surface area contributed by atoms with Gasteiger partial charge in [-0.15, -0.1) is 5.10 Å². The van der Waals surface area contributed by atoms with Crippen LogP contribution >= 0.6 is 0 Å². The number of nitrogens with one attached hydrogen (secondary N) is 1. The maximum absolute atomic E-state index is 12.9. The van der Waals surface area contributed by atoms with Crippen LogP contribution in [0.15, 0.2) is 42.6 Å². The van der Waals surface area contributed by atoms with Crippen LogP contribution in [0.4, 0.5) is 10.3 Å². The van der Waals surface area contributed by atoms with Crippen molar-refractivity contribution in [2.24, 2.45) is 0 Å². The second-order valence-corrected chi connectivity index (χ2v) is 3.46. The molecule has 1 amide bonds. The monoisotopic (exact) mass is 246 g/mol. The number of allylic oxidation sites excluding steroid dienone is 3. The predicted molar refractivity (Wildman–Crippen MR) is 65.5 cm³/mol. The fourth-order valence-electron chi connectivity index (χ4n) is 1.32. The second-order valence-electron chi connectivity index (χ2n) is 3.46. The lowest BCUT2D eigenvalue weighted by Crippen LogP contribution is -2.09. The van der Waals surface area contributed by atoms with Gasteiger partial charge in [-0.1, -0.05) is 18.2 Å². The Kier molecular flexibility index (Phi) is 3.47. The summed E-state index contributed by atoms with van der Waals surface area (Å²) in [5.74, 6) is -0.626. The van der Waals surface area contributed by atoms with E-state index in [0.717, 1.165) is 0 Å². The molecule has 2 aromatic rings. The Morgan fingerprint density at radius 1 is 1.44 bits per heavy atom. The van der Waals surface area contributed by atoms with Crippen molar-refractivity contribution in [3.8, 4) is 0 Å². The summed E-state index contributed by atoms with van der Waals surface area (Å²) in [7, 11) is 0. The number of carbonyl (C=O) groups excluding carboxylic acids is 1. The van der Waals surface area contributed by atoms with Gasteiger partial charge < -0.3 is 0 Å². The molecule has 5 nitrogen and oxygen atoms in total. The van der Waals surface area contributed by atoms with E-state index < -0.39 is 5.82 Å². The lowest BCUT2D eigenvalue weighted by molar-refractivity contribution is -0.111. The highest BCUT2D eigenvalue weighted by Crippen LogP contribution is 2.06. The Bertz CT molecular complexity index is 630. The van der Waals surface area contributed by atoms with Crippen LogP contribution in [0.1, 0.15) is 6.92 Å². The van der Waals surface area contributed by atoms with E-state index in [2.05, 4.69) is 15.4 Å². The number of amides is 1.